The zero-order valence-corrected chi connectivity index (χ0v) is 16.0. The van der Waals surface area contributed by atoms with Crippen molar-refractivity contribution in [1.82, 2.24) is 0 Å². The summed E-state index contributed by atoms with van der Waals surface area (Å²) in [6, 6.07) is 0. The lowest BCUT2D eigenvalue weighted by Crippen LogP contribution is -2.29. The van der Waals surface area contributed by atoms with E-state index >= 15 is 0 Å². The van der Waals surface area contributed by atoms with Crippen LogP contribution in [0.1, 0.15) is 79.6 Å². The van der Waals surface area contributed by atoms with Crippen LogP contribution in [0, 0.1) is 5.92 Å². The lowest BCUT2D eigenvalue weighted by Gasteiger charge is -2.25. The number of rotatable bonds is 12. The number of hydrogen-bond donors (Lipinski definition) is 0. The van der Waals surface area contributed by atoms with Gasteiger partial charge in [0.2, 0.25) is 0 Å². The van der Waals surface area contributed by atoms with Gasteiger partial charge in [0.05, 0.1) is 0 Å². The molecule has 0 radical (unpaired) electrons. The Morgan fingerprint density at radius 3 is 2.05 bits per heavy atom. The van der Waals surface area contributed by atoms with E-state index in [1.807, 2.05) is 6.92 Å². The molecule has 0 aliphatic rings. The van der Waals surface area contributed by atoms with Crippen LogP contribution in [0.3, 0.4) is 0 Å². The summed E-state index contributed by atoms with van der Waals surface area (Å²) in [4.78, 5) is 0. The zero-order chi connectivity index (χ0) is 17.0. The summed E-state index contributed by atoms with van der Waals surface area (Å²) in [7, 11) is 3.40. The van der Waals surface area contributed by atoms with Gasteiger partial charge >= 0.3 is 0 Å². The summed E-state index contributed by atoms with van der Waals surface area (Å²) >= 11 is 0. The Balaban J connectivity index is 3.96. The van der Waals surface area contributed by atoms with Crippen molar-refractivity contribution in [3.05, 3.63) is 23.3 Å². The molecule has 0 saturated carbocycles. The molecule has 0 atom stereocenters. The van der Waals surface area contributed by atoms with Crippen molar-refractivity contribution in [3.8, 4) is 0 Å². The third kappa shape index (κ3) is 11.0. The standard InChI is InChI=1S/C20H38O2/c1-17(2)11-8-12-18(3)13-9-14-19(4)15-10-16-20(5,21-6)22-7/h13,15,17H,8-12,14,16H2,1-7H3/b18-13-,19-15-. The number of allylic oxidation sites excluding steroid dienone is 4. The smallest absolute Gasteiger partial charge is 0.165 e. The van der Waals surface area contributed by atoms with E-state index in [4.69, 9.17) is 9.47 Å². The molecule has 0 saturated heterocycles. The highest BCUT2D eigenvalue weighted by Crippen LogP contribution is 2.19. The summed E-state index contributed by atoms with van der Waals surface area (Å²) in [6.45, 7) is 11.1. The molecular formula is C20H38O2. The fourth-order valence-electron chi connectivity index (χ4n) is 2.41. The molecule has 0 aromatic rings. The van der Waals surface area contributed by atoms with Gasteiger partial charge in [0.15, 0.2) is 5.79 Å². The summed E-state index contributed by atoms with van der Waals surface area (Å²) in [5.41, 5.74) is 3.00. The van der Waals surface area contributed by atoms with E-state index in [-0.39, 0.29) is 0 Å². The fraction of sp³-hybridized carbons (Fsp3) is 0.800. The second-order valence-electron chi connectivity index (χ2n) is 7.01. The molecule has 2 heteroatoms. The molecule has 0 aliphatic heterocycles. The molecule has 0 aromatic carbocycles. The number of hydrogen-bond acceptors (Lipinski definition) is 2. The van der Waals surface area contributed by atoms with Crippen LogP contribution in [0.25, 0.3) is 0 Å². The molecule has 130 valence electrons. The molecule has 0 unspecified atom stereocenters. The van der Waals surface area contributed by atoms with Crippen molar-refractivity contribution in [3.63, 3.8) is 0 Å². The first-order chi connectivity index (χ1) is 10.3. The van der Waals surface area contributed by atoms with Crippen molar-refractivity contribution in [1.29, 1.82) is 0 Å². The van der Waals surface area contributed by atoms with Crippen LogP contribution in [-0.4, -0.2) is 20.0 Å². The highest BCUT2D eigenvalue weighted by Gasteiger charge is 2.20. The Kier molecular flexibility index (Phi) is 11.6. The monoisotopic (exact) mass is 310 g/mol. The minimum atomic E-state index is -0.455. The van der Waals surface area contributed by atoms with Crippen molar-refractivity contribution in [2.75, 3.05) is 14.2 Å². The second-order valence-corrected chi connectivity index (χ2v) is 7.01. The summed E-state index contributed by atoms with van der Waals surface area (Å²) in [5.74, 6) is 0.367. The maximum atomic E-state index is 5.37. The number of ether oxygens (including phenoxy) is 2. The van der Waals surface area contributed by atoms with Crippen molar-refractivity contribution in [2.45, 2.75) is 85.4 Å². The zero-order valence-electron chi connectivity index (χ0n) is 16.0. The maximum Gasteiger partial charge on any atom is 0.165 e. The molecule has 0 heterocycles. The van der Waals surface area contributed by atoms with Gasteiger partial charge in [-0.3, -0.25) is 0 Å². The molecule has 0 spiro atoms. The first kappa shape index (κ1) is 21.4. The maximum absolute atomic E-state index is 5.37. The van der Waals surface area contributed by atoms with Crippen molar-refractivity contribution < 1.29 is 9.47 Å². The predicted molar refractivity (Wildman–Crippen MR) is 97.1 cm³/mol. The average Bonchev–Trinajstić information content (AvgIpc) is 2.46. The second kappa shape index (κ2) is 11.9. The Morgan fingerprint density at radius 2 is 1.50 bits per heavy atom. The van der Waals surface area contributed by atoms with Gasteiger partial charge in [0, 0.05) is 20.6 Å². The lowest BCUT2D eigenvalue weighted by atomic mass is 10.0. The van der Waals surface area contributed by atoms with E-state index in [1.54, 1.807) is 19.8 Å². The normalized spacial score (nSPS) is 14.0. The first-order valence-corrected chi connectivity index (χ1v) is 8.74. The minimum Gasteiger partial charge on any atom is -0.353 e. The van der Waals surface area contributed by atoms with Gasteiger partial charge in [0.1, 0.15) is 0 Å². The van der Waals surface area contributed by atoms with Crippen LogP contribution in [0.2, 0.25) is 0 Å². The van der Waals surface area contributed by atoms with Gasteiger partial charge in [0.25, 0.3) is 0 Å². The third-order valence-electron chi connectivity index (χ3n) is 4.34. The van der Waals surface area contributed by atoms with E-state index in [2.05, 4.69) is 39.8 Å². The SMILES string of the molecule is COC(C)(CC/C=C(/C)CC/C=C(/C)CCCC(C)C)OC. The number of methoxy groups -OCH3 is 2. The van der Waals surface area contributed by atoms with Crippen molar-refractivity contribution in [2.24, 2.45) is 5.92 Å². The van der Waals surface area contributed by atoms with Gasteiger partial charge in [-0.25, -0.2) is 0 Å². The van der Waals surface area contributed by atoms with Crippen LogP contribution < -0.4 is 0 Å². The molecule has 0 aliphatic carbocycles. The fourth-order valence-corrected chi connectivity index (χ4v) is 2.41. The molecule has 2 nitrogen and oxygen atoms in total. The molecule has 0 amide bonds. The van der Waals surface area contributed by atoms with Crippen LogP contribution in [0.4, 0.5) is 0 Å². The van der Waals surface area contributed by atoms with Crippen LogP contribution in [0.5, 0.6) is 0 Å². The lowest BCUT2D eigenvalue weighted by molar-refractivity contribution is -0.196. The largest absolute Gasteiger partial charge is 0.353 e. The molecule has 22 heavy (non-hydrogen) atoms. The van der Waals surface area contributed by atoms with E-state index in [9.17, 15) is 0 Å². The average molecular weight is 311 g/mol. The quantitative estimate of drug-likeness (QED) is 0.312. The summed E-state index contributed by atoms with van der Waals surface area (Å²) in [6.07, 6.45) is 12.8. The van der Waals surface area contributed by atoms with E-state index < -0.39 is 5.79 Å². The van der Waals surface area contributed by atoms with E-state index in [0.717, 1.165) is 31.6 Å². The van der Waals surface area contributed by atoms with E-state index in [0.29, 0.717) is 0 Å². The minimum absolute atomic E-state index is 0.455. The van der Waals surface area contributed by atoms with Gasteiger partial charge in [-0.15, -0.1) is 0 Å². The Hall–Kier alpha value is -0.600. The molecular weight excluding hydrogens is 272 g/mol. The predicted octanol–water partition coefficient (Wildman–Crippen LogP) is 6.27. The van der Waals surface area contributed by atoms with Crippen molar-refractivity contribution >= 4 is 0 Å². The summed E-state index contributed by atoms with van der Waals surface area (Å²) in [5, 5.41) is 0. The highest BCUT2D eigenvalue weighted by atomic mass is 16.7. The molecule has 0 aromatic heterocycles. The molecule has 0 rings (SSSR count). The first-order valence-electron chi connectivity index (χ1n) is 8.74. The van der Waals surface area contributed by atoms with E-state index in [1.165, 1.54) is 24.8 Å². The van der Waals surface area contributed by atoms with Gasteiger partial charge < -0.3 is 9.47 Å². The molecule has 0 fully saturated rings. The Morgan fingerprint density at radius 1 is 0.955 bits per heavy atom. The van der Waals surface area contributed by atoms with Crippen LogP contribution >= 0.6 is 0 Å². The Bertz CT molecular complexity index is 336. The topological polar surface area (TPSA) is 18.5 Å². The van der Waals surface area contributed by atoms with Crippen LogP contribution in [0.15, 0.2) is 23.3 Å². The Labute approximate surface area is 139 Å². The van der Waals surface area contributed by atoms with Gasteiger partial charge in [-0.1, -0.05) is 43.6 Å². The molecule has 0 N–H and O–H groups in total. The third-order valence-corrected chi connectivity index (χ3v) is 4.34. The van der Waals surface area contributed by atoms with Gasteiger partial charge in [-0.2, -0.15) is 0 Å². The molecule has 0 bridgehead atoms. The highest BCUT2D eigenvalue weighted by molar-refractivity contribution is 5.03. The van der Waals surface area contributed by atoms with Crippen LogP contribution in [-0.2, 0) is 9.47 Å². The van der Waals surface area contributed by atoms with Gasteiger partial charge in [-0.05, 0) is 58.8 Å². The summed E-state index contributed by atoms with van der Waals surface area (Å²) < 4.78 is 10.7.